The standard InChI is InChI=1S/C14H20N6O8S/c1-2-3-7(21)19-29(25,26)27-4-6-9(22)10(23)13(28-6)20-5-16-8-11(20)17-14(15)18-12(8)24/h5-6,9-10,13,22-23H,2-4H2,1H3,(H,19,21)(H3,15,17,18,24)/t6-,9-,10-,13-/m1/s1. The number of nitrogens with two attached hydrogens (primary N) is 1. The Bertz CT molecular complexity index is 1070. The zero-order chi connectivity index (χ0) is 21.3. The second-order valence-electron chi connectivity index (χ2n) is 6.34. The van der Waals surface area contributed by atoms with Crippen LogP contribution in [0.5, 0.6) is 0 Å². The second kappa shape index (κ2) is 8.03. The van der Waals surface area contributed by atoms with E-state index in [0.29, 0.717) is 6.42 Å². The van der Waals surface area contributed by atoms with Gasteiger partial charge in [0.1, 0.15) is 18.3 Å². The largest absolute Gasteiger partial charge is 0.387 e. The molecule has 2 aromatic heterocycles. The predicted octanol–water partition coefficient (Wildman–Crippen LogP) is -2.50. The van der Waals surface area contributed by atoms with Crippen molar-refractivity contribution in [3.8, 4) is 0 Å². The molecule has 0 unspecified atom stereocenters. The Balaban J connectivity index is 1.74. The molecule has 2 aromatic rings. The third-order valence-electron chi connectivity index (χ3n) is 4.17. The van der Waals surface area contributed by atoms with Crippen LogP contribution in [0.3, 0.4) is 0 Å². The van der Waals surface area contributed by atoms with E-state index in [2.05, 4.69) is 19.1 Å². The van der Waals surface area contributed by atoms with Crippen molar-refractivity contribution in [1.29, 1.82) is 0 Å². The molecule has 0 radical (unpaired) electrons. The summed E-state index contributed by atoms with van der Waals surface area (Å²) in [6.45, 7) is 1.03. The van der Waals surface area contributed by atoms with E-state index in [1.807, 2.05) is 0 Å². The zero-order valence-corrected chi connectivity index (χ0v) is 16.0. The van der Waals surface area contributed by atoms with Gasteiger partial charge in [0, 0.05) is 6.42 Å². The summed E-state index contributed by atoms with van der Waals surface area (Å²) in [6, 6.07) is 0. The summed E-state index contributed by atoms with van der Waals surface area (Å²) < 4.78 is 36.6. The van der Waals surface area contributed by atoms with E-state index < -0.39 is 52.9 Å². The number of fused-ring (bicyclic) bond motifs is 1. The van der Waals surface area contributed by atoms with Crippen LogP contribution in [0, 0.1) is 0 Å². The van der Waals surface area contributed by atoms with Crippen LogP contribution in [-0.2, 0) is 24.0 Å². The summed E-state index contributed by atoms with van der Waals surface area (Å²) in [5, 5.41) is 20.5. The lowest BCUT2D eigenvalue weighted by Crippen LogP contribution is -2.37. The number of hydrogen-bond donors (Lipinski definition) is 5. The van der Waals surface area contributed by atoms with Gasteiger partial charge in [-0.3, -0.25) is 23.3 Å². The minimum atomic E-state index is -4.41. The Morgan fingerprint density at radius 2 is 2.17 bits per heavy atom. The number of aromatic nitrogens is 4. The molecule has 14 nitrogen and oxygen atoms in total. The lowest BCUT2D eigenvalue weighted by Gasteiger charge is -2.16. The van der Waals surface area contributed by atoms with E-state index in [-0.39, 0.29) is 23.5 Å². The number of nitrogens with zero attached hydrogens (tertiary/aromatic N) is 3. The lowest BCUT2D eigenvalue weighted by molar-refractivity contribution is -0.119. The maximum absolute atomic E-state index is 11.9. The molecule has 1 amide bonds. The predicted molar refractivity (Wildman–Crippen MR) is 96.4 cm³/mol. The Labute approximate surface area is 163 Å². The molecule has 0 bridgehead atoms. The highest BCUT2D eigenvalue weighted by molar-refractivity contribution is 7.85. The van der Waals surface area contributed by atoms with E-state index in [1.54, 1.807) is 11.6 Å². The number of anilines is 1. The Morgan fingerprint density at radius 3 is 2.86 bits per heavy atom. The highest BCUT2D eigenvalue weighted by atomic mass is 32.2. The molecule has 0 aromatic carbocycles. The lowest BCUT2D eigenvalue weighted by atomic mass is 10.1. The molecule has 15 heteroatoms. The van der Waals surface area contributed by atoms with E-state index in [4.69, 9.17) is 10.5 Å². The number of carbonyl (C=O) groups is 1. The van der Waals surface area contributed by atoms with Crippen molar-refractivity contribution < 1.29 is 32.3 Å². The van der Waals surface area contributed by atoms with Crippen molar-refractivity contribution in [3.05, 3.63) is 16.7 Å². The summed E-state index contributed by atoms with van der Waals surface area (Å²) in [7, 11) is -4.41. The quantitative estimate of drug-likeness (QED) is 0.308. The zero-order valence-electron chi connectivity index (χ0n) is 15.2. The number of amides is 1. The summed E-state index contributed by atoms with van der Waals surface area (Å²) in [5.41, 5.74) is 4.85. The molecular formula is C14H20N6O8S. The molecule has 3 heterocycles. The molecular weight excluding hydrogens is 412 g/mol. The van der Waals surface area contributed by atoms with Crippen molar-refractivity contribution in [2.45, 2.75) is 44.3 Å². The first-order valence-electron chi connectivity index (χ1n) is 8.57. The number of hydrogen-bond acceptors (Lipinski definition) is 11. The first kappa shape index (κ1) is 21.1. The number of ether oxygens (including phenoxy) is 1. The average Bonchev–Trinajstić information content (AvgIpc) is 3.15. The van der Waals surface area contributed by atoms with E-state index in [9.17, 15) is 28.2 Å². The topological polar surface area (TPSA) is 212 Å². The molecule has 1 fully saturated rings. The van der Waals surface area contributed by atoms with Crippen LogP contribution in [-0.4, -0.2) is 69.0 Å². The molecule has 6 N–H and O–H groups in total. The van der Waals surface area contributed by atoms with Gasteiger partial charge in [-0.25, -0.2) is 9.71 Å². The SMILES string of the molecule is CCCC(=O)NS(=O)(=O)OC[C@H]1O[C@@H](n2cnc3c(=O)[nH]c(N)nc32)[C@H](O)[C@@H]1O. The van der Waals surface area contributed by atoms with Crippen molar-refractivity contribution in [1.82, 2.24) is 24.2 Å². The number of H-pyrrole nitrogens is 1. The fraction of sp³-hybridized carbons (Fsp3) is 0.571. The van der Waals surface area contributed by atoms with Crippen LogP contribution in [0.15, 0.2) is 11.1 Å². The molecule has 0 saturated carbocycles. The van der Waals surface area contributed by atoms with Crippen molar-refractivity contribution >= 4 is 33.3 Å². The Kier molecular flexibility index (Phi) is 5.85. The number of carbonyl (C=O) groups excluding carboxylic acids is 1. The normalized spacial score (nSPS) is 24.8. The first-order valence-corrected chi connectivity index (χ1v) is 9.97. The van der Waals surface area contributed by atoms with E-state index in [0.717, 1.165) is 6.33 Å². The Hall–Kier alpha value is -2.59. The summed E-state index contributed by atoms with van der Waals surface area (Å²) >= 11 is 0. The molecule has 0 aliphatic carbocycles. The van der Waals surface area contributed by atoms with Gasteiger partial charge in [-0.05, 0) is 6.42 Å². The fourth-order valence-corrected chi connectivity index (χ4v) is 3.58. The van der Waals surface area contributed by atoms with Crippen LogP contribution < -0.4 is 16.0 Å². The summed E-state index contributed by atoms with van der Waals surface area (Å²) in [6.07, 6.45) is -3.94. The van der Waals surface area contributed by atoms with Crippen LogP contribution in [0.4, 0.5) is 5.95 Å². The van der Waals surface area contributed by atoms with Gasteiger partial charge in [-0.2, -0.15) is 13.4 Å². The number of rotatable bonds is 7. The minimum Gasteiger partial charge on any atom is -0.387 e. The molecule has 4 atom stereocenters. The van der Waals surface area contributed by atoms with Gasteiger partial charge < -0.3 is 20.7 Å². The third-order valence-corrected chi connectivity index (χ3v) is 5.09. The maximum atomic E-state index is 11.9. The Morgan fingerprint density at radius 1 is 1.45 bits per heavy atom. The first-order chi connectivity index (χ1) is 13.6. The maximum Gasteiger partial charge on any atom is 0.362 e. The van der Waals surface area contributed by atoms with E-state index in [1.165, 1.54) is 4.57 Å². The molecule has 1 aliphatic heterocycles. The number of aromatic amines is 1. The molecule has 160 valence electrons. The van der Waals surface area contributed by atoms with Crippen LogP contribution >= 0.6 is 0 Å². The summed E-state index contributed by atoms with van der Waals surface area (Å²) in [4.78, 5) is 33.4. The van der Waals surface area contributed by atoms with Gasteiger partial charge in [-0.15, -0.1) is 0 Å². The number of aliphatic hydroxyl groups excluding tert-OH is 2. The number of aliphatic hydroxyl groups is 2. The smallest absolute Gasteiger partial charge is 0.362 e. The average molecular weight is 432 g/mol. The highest BCUT2D eigenvalue weighted by Crippen LogP contribution is 2.31. The number of nitrogens with one attached hydrogen (secondary N) is 2. The van der Waals surface area contributed by atoms with Crippen LogP contribution in [0.2, 0.25) is 0 Å². The fourth-order valence-electron chi connectivity index (χ4n) is 2.83. The second-order valence-corrected chi connectivity index (χ2v) is 7.68. The van der Waals surface area contributed by atoms with Crippen molar-refractivity contribution in [3.63, 3.8) is 0 Å². The van der Waals surface area contributed by atoms with Gasteiger partial charge in [0.05, 0.1) is 12.9 Å². The van der Waals surface area contributed by atoms with Crippen molar-refractivity contribution in [2.24, 2.45) is 0 Å². The van der Waals surface area contributed by atoms with E-state index >= 15 is 0 Å². The van der Waals surface area contributed by atoms with Gasteiger partial charge in [0.15, 0.2) is 17.4 Å². The summed E-state index contributed by atoms with van der Waals surface area (Å²) in [5.74, 6) is -0.928. The van der Waals surface area contributed by atoms with Crippen molar-refractivity contribution in [2.75, 3.05) is 12.3 Å². The third kappa shape index (κ3) is 4.38. The molecule has 0 spiro atoms. The van der Waals surface area contributed by atoms with Gasteiger partial charge in [0.2, 0.25) is 11.9 Å². The molecule has 3 rings (SSSR count). The monoisotopic (exact) mass is 432 g/mol. The van der Waals surface area contributed by atoms with Gasteiger partial charge >= 0.3 is 10.3 Å². The molecule has 29 heavy (non-hydrogen) atoms. The molecule has 1 saturated heterocycles. The number of nitrogen functional groups attached to an aromatic ring is 1. The highest BCUT2D eigenvalue weighted by Gasteiger charge is 2.45. The van der Waals surface area contributed by atoms with Gasteiger partial charge in [-0.1, -0.05) is 6.92 Å². The van der Waals surface area contributed by atoms with Gasteiger partial charge in [0.25, 0.3) is 5.56 Å². The minimum absolute atomic E-state index is 0.00326. The van der Waals surface area contributed by atoms with Crippen LogP contribution in [0.1, 0.15) is 26.0 Å². The molecule has 1 aliphatic rings. The van der Waals surface area contributed by atoms with Crippen LogP contribution in [0.25, 0.3) is 11.2 Å². The number of imidazole rings is 1.